The Morgan fingerprint density at radius 2 is 0.825 bits per heavy atom. The van der Waals surface area contributed by atoms with Gasteiger partial charge in [0.1, 0.15) is 11.3 Å². The van der Waals surface area contributed by atoms with Crippen LogP contribution in [0.2, 0.25) is 0 Å². The summed E-state index contributed by atoms with van der Waals surface area (Å²) in [5, 5.41) is 5.48. The molecule has 0 unspecified atom stereocenters. The van der Waals surface area contributed by atoms with E-state index < -0.39 is 0 Å². The predicted molar refractivity (Wildman–Crippen MR) is 260 cm³/mol. The molecule has 3 heterocycles. The lowest BCUT2D eigenvalue weighted by Gasteiger charge is -2.12. The van der Waals surface area contributed by atoms with Crippen LogP contribution in [0.3, 0.4) is 0 Å². The molecule has 4 heteroatoms. The van der Waals surface area contributed by atoms with Crippen LogP contribution in [0.4, 0.5) is 0 Å². The molecule has 3 aromatic heterocycles. The second kappa shape index (κ2) is 15.2. The fourth-order valence-electron chi connectivity index (χ4n) is 8.92. The van der Waals surface area contributed by atoms with E-state index in [0.717, 1.165) is 99.8 Å². The first-order chi connectivity index (χ1) is 31.2. The molecule has 4 nitrogen and oxygen atoms in total. The zero-order chi connectivity index (χ0) is 41.7. The van der Waals surface area contributed by atoms with Crippen molar-refractivity contribution in [3.8, 4) is 78.5 Å². The van der Waals surface area contributed by atoms with E-state index in [1.807, 2.05) is 24.3 Å². The van der Waals surface area contributed by atoms with Crippen LogP contribution >= 0.6 is 0 Å². The molecule has 294 valence electrons. The van der Waals surface area contributed by atoms with Crippen molar-refractivity contribution in [3.05, 3.63) is 224 Å². The number of hydrogen-bond acceptors (Lipinski definition) is 4. The molecule has 0 saturated carbocycles. The smallest absolute Gasteiger partial charge is 0.162 e. The Bertz CT molecular complexity index is 3540. The number of hydrogen-bond donors (Lipinski definition) is 0. The lowest BCUT2D eigenvalue weighted by Crippen LogP contribution is -1.96. The summed E-state index contributed by atoms with van der Waals surface area (Å²) in [5.74, 6) is 0.661. The third-order valence-corrected chi connectivity index (χ3v) is 12.1. The van der Waals surface area contributed by atoms with Crippen molar-refractivity contribution in [1.29, 1.82) is 0 Å². The lowest BCUT2D eigenvalue weighted by atomic mass is 9.96. The monoisotopic (exact) mass is 803 g/mol. The van der Waals surface area contributed by atoms with E-state index in [0.29, 0.717) is 5.82 Å². The average Bonchev–Trinajstić information content (AvgIpc) is 3.77. The number of aromatic nitrogens is 3. The summed E-state index contributed by atoms with van der Waals surface area (Å²) in [6.07, 6.45) is 0. The van der Waals surface area contributed by atoms with Gasteiger partial charge in [0.05, 0.1) is 16.9 Å². The Labute approximate surface area is 364 Å². The van der Waals surface area contributed by atoms with Crippen LogP contribution in [0.25, 0.3) is 122 Å². The molecule has 0 saturated heterocycles. The molecule has 0 amide bonds. The summed E-state index contributed by atoms with van der Waals surface area (Å²) in [5.41, 5.74) is 16.0. The normalized spacial score (nSPS) is 11.5. The quantitative estimate of drug-likeness (QED) is 0.161. The Hall–Kier alpha value is -8.47. The van der Waals surface area contributed by atoms with Gasteiger partial charge < -0.3 is 4.42 Å². The molecule has 12 aromatic rings. The first-order valence-corrected chi connectivity index (χ1v) is 21.2. The van der Waals surface area contributed by atoms with Crippen LogP contribution in [0.15, 0.2) is 229 Å². The molecule has 0 aliphatic heterocycles. The van der Waals surface area contributed by atoms with Crippen LogP contribution in [0.1, 0.15) is 0 Å². The van der Waals surface area contributed by atoms with Crippen molar-refractivity contribution in [1.82, 2.24) is 15.0 Å². The highest BCUT2D eigenvalue weighted by atomic mass is 16.3. The van der Waals surface area contributed by atoms with Crippen molar-refractivity contribution in [2.24, 2.45) is 0 Å². The SMILES string of the molecule is c1ccc(-c2ccc(-c3cc(-c4ccc(-c5ccccc5)cc4)nc(-c4cccc(-c5ccc6nc(-c7cccc8ccccc78)c7oc8ccccc8c7c6c5)c4)n3)cc2)cc1. The number of fused-ring (bicyclic) bond motifs is 6. The van der Waals surface area contributed by atoms with Crippen molar-refractivity contribution in [2.75, 3.05) is 0 Å². The zero-order valence-electron chi connectivity index (χ0n) is 34.1. The standard InChI is InChI=1S/C59H37N3O/c1-3-13-38(14-4-1)40-25-29-43(30-26-40)53-37-54(44-31-27-41(28-32-44)39-15-5-2-6-16-39)62-59(61-53)47-20-11-19-45(35-47)46-33-34-52-51(36-46)56-50-22-9-10-24-55(50)63-58(56)57(60-52)49-23-12-18-42-17-7-8-21-48(42)49/h1-37H. The van der Waals surface area contributed by atoms with Crippen molar-refractivity contribution >= 4 is 43.6 Å². The summed E-state index contributed by atoms with van der Waals surface area (Å²) >= 11 is 0. The zero-order valence-corrected chi connectivity index (χ0v) is 34.1. The highest BCUT2D eigenvalue weighted by molar-refractivity contribution is 6.22. The summed E-state index contributed by atoms with van der Waals surface area (Å²) in [7, 11) is 0. The van der Waals surface area contributed by atoms with Gasteiger partial charge in [0.25, 0.3) is 0 Å². The van der Waals surface area contributed by atoms with Crippen LogP contribution in [-0.4, -0.2) is 15.0 Å². The molecule has 63 heavy (non-hydrogen) atoms. The Morgan fingerprint density at radius 1 is 0.317 bits per heavy atom. The average molecular weight is 804 g/mol. The van der Waals surface area contributed by atoms with E-state index in [1.54, 1.807) is 0 Å². The Kier molecular flexibility index (Phi) is 8.79. The minimum Gasteiger partial charge on any atom is -0.454 e. The topological polar surface area (TPSA) is 51.8 Å². The first kappa shape index (κ1) is 36.4. The molecular formula is C59H37N3O. The van der Waals surface area contributed by atoms with Crippen LogP contribution in [0.5, 0.6) is 0 Å². The van der Waals surface area contributed by atoms with Gasteiger partial charge in [-0.25, -0.2) is 15.0 Å². The highest BCUT2D eigenvalue weighted by Crippen LogP contribution is 2.42. The second-order valence-corrected chi connectivity index (χ2v) is 16.0. The second-order valence-electron chi connectivity index (χ2n) is 16.0. The van der Waals surface area contributed by atoms with Gasteiger partial charge in [0, 0.05) is 38.4 Å². The van der Waals surface area contributed by atoms with Crippen LogP contribution in [-0.2, 0) is 0 Å². The molecular weight excluding hydrogens is 767 g/mol. The summed E-state index contributed by atoms with van der Waals surface area (Å²) < 4.78 is 6.69. The molecule has 0 atom stereocenters. The minimum atomic E-state index is 0.661. The fourth-order valence-corrected chi connectivity index (χ4v) is 8.92. The van der Waals surface area contributed by atoms with E-state index in [2.05, 4.69) is 200 Å². The number of benzene rings is 9. The lowest BCUT2D eigenvalue weighted by molar-refractivity contribution is 0.669. The molecule has 0 N–H and O–H groups in total. The molecule has 12 rings (SSSR count). The van der Waals surface area contributed by atoms with Crippen LogP contribution in [0, 0.1) is 0 Å². The van der Waals surface area contributed by atoms with Crippen molar-refractivity contribution in [3.63, 3.8) is 0 Å². The molecule has 0 bridgehead atoms. The van der Waals surface area contributed by atoms with Crippen LogP contribution < -0.4 is 0 Å². The fraction of sp³-hybridized carbons (Fsp3) is 0. The number of nitrogens with zero attached hydrogens (tertiary/aromatic N) is 3. The molecule has 0 radical (unpaired) electrons. The first-order valence-electron chi connectivity index (χ1n) is 21.2. The van der Waals surface area contributed by atoms with E-state index in [9.17, 15) is 0 Å². The number of pyridine rings is 1. The molecule has 0 fully saturated rings. The maximum Gasteiger partial charge on any atom is 0.162 e. The van der Waals surface area contributed by atoms with E-state index >= 15 is 0 Å². The number of furan rings is 1. The van der Waals surface area contributed by atoms with Crippen molar-refractivity contribution in [2.45, 2.75) is 0 Å². The maximum absolute atomic E-state index is 6.69. The summed E-state index contributed by atoms with van der Waals surface area (Å²) in [4.78, 5) is 15.8. The van der Waals surface area contributed by atoms with Gasteiger partial charge in [-0.1, -0.05) is 194 Å². The van der Waals surface area contributed by atoms with Gasteiger partial charge in [-0.2, -0.15) is 0 Å². The maximum atomic E-state index is 6.69. The molecule has 0 aliphatic carbocycles. The minimum absolute atomic E-state index is 0.661. The van der Waals surface area contributed by atoms with Gasteiger partial charge in [-0.3, -0.25) is 0 Å². The van der Waals surface area contributed by atoms with Gasteiger partial charge in [0.15, 0.2) is 11.4 Å². The predicted octanol–water partition coefficient (Wildman–Crippen LogP) is 15.7. The highest BCUT2D eigenvalue weighted by Gasteiger charge is 2.20. The molecule has 9 aromatic carbocycles. The third-order valence-electron chi connectivity index (χ3n) is 12.1. The summed E-state index contributed by atoms with van der Waals surface area (Å²) in [6.45, 7) is 0. The largest absolute Gasteiger partial charge is 0.454 e. The van der Waals surface area contributed by atoms with E-state index in [4.69, 9.17) is 19.4 Å². The van der Waals surface area contributed by atoms with E-state index in [1.165, 1.54) is 16.5 Å². The summed E-state index contributed by atoms with van der Waals surface area (Å²) in [6, 6.07) is 78.6. The van der Waals surface area contributed by atoms with Gasteiger partial charge in [0.2, 0.25) is 0 Å². The Balaban J connectivity index is 0.981. The molecule has 0 aliphatic rings. The molecule has 0 spiro atoms. The third kappa shape index (κ3) is 6.62. The van der Waals surface area contributed by atoms with E-state index in [-0.39, 0.29) is 0 Å². The van der Waals surface area contributed by atoms with Gasteiger partial charge in [-0.15, -0.1) is 0 Å². The van der Waals surface area contributed by atoms with Gasteiger partial charge in [-0.05, 0) is 74.5 Å². The number of rotatable bonds is 7. The number of para-hydroxylation sites is 1. The Morgan fingerprint density at radius 3 is 1.52 bits per heavy atom. The van der Waals surface area contributed by atoms with Crippen molar-refractivity contribution < 1.29 is 4.42 Å². The van der Waals surface area contributed by atoms with Gasteiger partial charge >= 0.3 is 0 Å².